The van der Waals surface area contributed by atoms with E-state index in [1.807, 2.05) is 0 Å². The van der Waals surface area contributed by atoms with Gasteiger partial charge in [-0.1, -0.05) is 26.2 Å². The maximum Gasteiger partial charge on any atom is 0.404 e. The Morgan fingerprint density at radius 2 is 1.62 bits per heavy atom. The van der Waals surface area contributed by atoms with E-state index in [2.05, 4.69) is 0 Å². The van der Waals surface area contributed by atoms with E-state index in [0.717, 1.165) is 19.3 Å². The molecule has 1 unspecified atom stereocenters. The van der Waals surface area contributed by atoms with Crippen LogP contribution in [0.2, 0.25) is 0 Å². The summed E-state index contributed by atoms with van der Waals surface area (Å²) in [5.74, 6) is 0. The highest BCUT2D eigenvalue weighted by Gasteiger charge is 2.48. The van der Waals surface area contributed by atoms with Crippen LogP contribution >= 0.6 is 0 Å². The quantitative estimate of drug-likeness (QED) is 0.684. The van der Waals surface area contributed by atoms with E-state index in [1.54, 1.807) is 6.92 Å². The number of nitrogens with two attached hydrogens (primary N) is 1. The number of hydrogen-bond acceptors (Lipinski definition) is 1. The third kappa shape index (κ3) is 2.36. The first-order valence-corrected chi connectivity index (χ1v) is 4.68. The lowest BCUT2D eigenvalue weighted by Gasteiger charge is -2.39. The number of rotatable bonds is 1. The zero-order chi connectivity index (χ0) is 10.1. The first-order valence-electron chi connectivity index (χ1n) is 4.68. The van der Waals surface area contributed by atoms with Gasteiger partial charge in [0.25, 0.3) is 0 Å². The van der Waals surface area contributed by atoms with Crippen molar-refractivity contribution < 1.29 is 13.2 Å². The number of halogens is 3. The van der Waals surface area contributed by atoms with Gasteiger partial charge >= 0.3 is 6.18 Å². The van der Waals surface area contributed by atoms with Crippen LogP contribution in [-0.4, -0.2) is 12.2 Å². The van der Waals surface area contributed by atoms with Crippen LogP contribution in [0.15, 0.2) is 0 Å². The molecule has 0 amide bonds. The zero-order valence-electron chi connectivity index (χ0n) is 7.82. The van der Waals surface area contributed by atoms with Crippen molar-refractivity contribution in [2.24, 2.45) is 11.1 Å². The van der Waals surface area contributed by atoms with Crippen molar-refractivity contribution in [3.8, 4) is 0 Å². The van der Waals surface area contributed by atoms with Crippen LogP contribution < -0.4 is 5.73 Å². The molecule has 4 heteroatoms. The summed E-state index contributed by atoms with van der Waals surface area (Å²) in [4.78, 5) is 0. The monoisotopic (exact) mass is 195 g/mol. The van der Waals surface area contributed by atoms with Crippen LogP contribution in [-0.2, 0) is 0 Å². The second-order valence-electron chi connectivity index (χ2n) is 4.23. The highest BCUT2D eigenvalue weighted by molar-refractivity contribution is 4.91. The van der Waals surface area contributed by atoms with Gasteiger partial charge in [0.15, 0.2) is 0 Å². The van der Waals surface area contributed by atoms with Gasteiger partial charge in [0.05, 0.1) is 0 Å². The van der Waals surface area contributed by atoms with Gasteiger partial charge in [-0.25, -0.2) is 0 Å². The molecule has 0 spiro atoms. The van der Waals surface area contributed by atoms with Crippen molar-refractivity contribution >= 4 is 0 Å². The minimum atomic E-state index is -4.24. The molecule has 1 nitrogen and oxygen atoms in total. The Labute approximate surface area is 76.5 Å². The largest absolute Gasteiger partial charge is 0.404 e. The molecular formula is C9H16F3N. The van der Waals surface area contributed by atoms with Gasteiger partial charge in [-0.05, 0) is 18.3 Å². The molecule has 78 valence electrons. The van der Waals surface area contributed by atoms with E-state index in [4.69, 9.17) is 5.73 Å². The van der Waals surface area contributed by atoms with Gasteiger partial charge in [0.1, 0.15) is 6.04 Å². The molecule has 0 radical (unpaired) electrons. The van der Waals surface area contributed by atoms with Gasteiger partial charge < -0.3 is 5.73 Å². The van der Waals surface area contributed by atoms with E-state index in [0.29, 0.717) is 12.8 Å². The van der Waals surface area contributed by atoms with Crippen molar-refractivity contribution in [3.05, 3.63) is 0 Å². The third-order valence-corrected chi connectivity index (χ3v) is 3.10. The lowest BCUT2D eigenvalue weighted by Crippen LogP contribution is -2.50. The standard InChI is InChI=1S/C9H16F3N/c1-8(5-3-2-4-6-8)7(13)9(10,11)12/h7H,2-6,13H2,1H3. The SMILES string of the molecule is CC1(C(N)C(F)(F)F)CCCCC1. The fourth-order valence-electron chi connectivity index (χ4n) is 2.07. The summed E-state index contributed by atoms with van der Waals surface area (Å²) in [6.07, 6.45) is -0.242. The maximum atomic E-state index is 12.4. The normalized spacial score (nSPS) is 25.6. The van der Waals surface area contributed by atoms with Crippen LogP contribution in [0.4, 0.5) is 13.2 Å². The average molecular weight is 195 g/mol. The summed E-state index contributed by atoms with van der Waals surface area (Å²) in [6.45, 7) is 1.66. The van der Waals surface area contributed by atoms with Crippen LogP contribution in [0, 0.1) is 5.41 Å². The third-order valence-electron chi connectivity index (χ3n) is 3.10. The summed E-state index contributed by atoms with van der Waals surface area (Å²) in [6, 6.07) is -1.65. The van der Waals surface area contributed by atoms with Crippen LogP contribution in [0.3, 0.4) is 0 Å². The number of hydrogen-bond donors (Lipinski definition) is 1. The topological polar surface area (TPSA) is 26.0 Å². The molecule has 1 fully saturated rings. The van der Waals surface area contributed by atoms with Crippen LogP contribution in [0.25, 0.3) is 0 Å². The van der Waals surface area contributed by atoms with Crippen molar-refractivity contribution in [1.29, 1.82) is 0 Å². The molecule has 1 atom stereocenters. The fraction of sp³-hybridized carbons (Fsp3) is 1.00. The van der Waals surface area contributed by atoms with Crippen molar-refractivity contribution in [2.45, 2.75) is 51.2 Å². The predicted octanol–water partition coefficient (Wildman–Crippen LogP) is 2.85. The Morgan fingerprint density at radius 3 is 2.00 bits per heavy atom. The lowest BCUT2D eigenvalue weighted by molar-refractivity contribution is -0.176. The van der Waals surface area contributed by atoms with E-state index in [-0.39, 0.29) is 0 Å². The molecule has 0 saturated heterocycles. The molecule has 0 aromatic rings. The second-order valence-corrected chi connectivity index (χ2v) is 4.23. The van der Waals surface area contributed by atoms with Crippen LogP contribution in [0.5, 0.6) is 0 Å². The molecule has 1 aliphatic rings. The van der Waals surface area contributed by atoms with Crippen molar-refractivity contribution in [1.82, 2.24) is 0 Å². The Kier molecular flexibility index (Phi) is 2.90. The number of alkyl halides is 3. The van der Waals surface area contributed by atoms with Crippen molar-refractivity contribution in [2.75, 3.05) is 0 Å². The Balaban J connectivity index is 2.67. The summed E-state index contributed by atoms with van der Waals surface area (Å²) >= 11 is 0. The summed E-state index contributed by atoms with van der Waals surface area (Å²) in [7, 11) is 0. The van der Waals surface area contributed by atoms with Crippen LogP contribution in [0.1, 0.15) is 39.0 Å². The molecular weight excluding hydrogens is 179 g/mol. The first-order chi connectivity index (χ1) is 5.86. The lowest BCUT2D eigenvalue weighted by atomic mass is 9.70. The smallest absolute Gasteiger partial charge is 0.320 e. The van der Waals surface area contributed by atoms with Gasteiger partial charge in [-0.15, -0.1) is 0 Å². The molecule has 1 rings (SSSR count). The summed E-state index contributed by atoms with van der Waals surface area (Å²) in [5, 5.41) is 0. The first kappa shape index (κ1) is 10.8. The Bertz CT molecular complexity index is 170. The molecule has 0 bridgehead atoms. The highest BCUT2D eigenvalue weighted by Crippen LogP contribution is 2.43. The Morgan fingerprint density at radius 1 is 1.15 bits per heavy atom. The van der Waals surface area contributed by atoms with Gasteiger partial charge in [-0.2, -0.15) is 13.2 Å². The van der Waals surface area contributed by atoms with Crippen molar-refractivity contribution in [3.63, 3.8) is 0 Å². The van der Waals surface area contributed by atoms with E-state index >= 15 is 0 Å². The Hall–Kier alpha value is -0.250. The molecule has 1 aliphatic carbocycles. The van der Waals surface area contributed by atoms with Gasteiger partial charge in [-0.3, -0.25) is 0 Å². The average Bonchev–Trinajstić information content (AvgIpc) is 2.03. The molecule has 0 heterocycles. The predicted molar refractivity (Wildman–Crippen MR) is 45.2 cm³/mol. The fourth-order valence-corrected chi connectivity index (χ4v) is 2.07. The molecule has 0 aromatic heterocycles. The summed E-state index contributed by atoms with van der Waals surface area (Å²) in [5.41, 5.74) is 4.51. The minimum absolute atomic E-state index is 0.605. The van der Waals surface area contributed by atoms with Gasteiger partial charge in [0.2, 0.25) is 0 Å². The molecule has 0 aromatic carbocycles. The molecule has 1 saturated carbocycles. The van der Waals surface area contributed by atoms with E-state index in [1.165, 1.54) is 0 Å². The van der Waals surface area contributed by atoms with E-state index in [9.17, 15) is 13.2 Å². The molecule has 2 N–H and O–H groups in total. The second kappa shape index (κ2) is 3.48. The maximum absolute atomic E-state index is 12.4. The molecule has 0 aliphatic heterocycles. The molecule has 13 heavy (non-hydrogen) atoms. The summed E-state index contributed by atoms with van der Waals surface area (Å²) < 4.78 is 37.1. The highest BCUT2D eigenvalue weighted by atomic mass is 19.4. The van der Waals surface area contributed by atoms with E-state index < -0.39 is 17.6 Å². The minimum Gasteiger partial charge on any atom is -0.320 e. The van der Waals surface area contributed by atoms with Gasteiger partial charge in [0, 0.05) is 0 Å². The zero-order valence-corrected chi connectivity index (χ0v) is 7.82.